The highest BCUT2D eigenvalue weighted by Gasteiger charge is 2.11. The van der Waals surface area contributed by atoms with Gasteiger partial charge in [0.1, 0.15) is 5.82 Å². The lowest BCUT2D eigenvalue weighted by molar-refractivity contribution is 0.0915. The molecule has 1 unspecified atom stereocenters. The van der Waals surface area contributed by atoms with E-state index in [1.165, 1.54) is 30.0 Å². The SMILES string of the molecule is CSc1cc(C(=O)NCC(O)Cc2ccccc2)ccc1F. The van der Waals surface area contributed by atoms with Crippen LogP contribution in [-0.2, 0) is 6.42 Å². The van der Waals surface area contributed by atoms with E-state index in [9.17, 15) is 14.3 Å². The summed E-state index contributed by atoms with van der Waals surface area (Å²) in [6.45, 7) is 0.152. The first-order valence-electron chi connectivity index (χ1n) is 6.94. The van der Waals surface area contributed by atoms with E-state index >= 15 is 0 Å². The molecule has 116 valence electrons. The highest BCUT2D eigenvalue weighted by Crippen LogP contribution is 2.20. The van der Waals surface area contributed by atoms with Gasteiger partial charge in [0, 0.05) is 23.4 Å². The largest absolute Gasteiger partial charge is 0.391 e. The highest BCUT2D eigenvalue weighted by atomic mass is 32.2. The van der Waals surface area contributed by atoms with Crippen LogP contribution < -0.4 is 5.32 Å². The van der Waals surface area contributed by atoms with Crippen molar-refractivity contribution < 1.29 is 14.3 Å². The minimum absolute atomic E-state index is 0.152. The molecule has 0 fully saturated rings. The number of carbonyl (C=O) groups is 1. The third-order valence-corrected chi connectivity index (χ3v) is 3.98. The first kappa shape index (κ1) is 16.5. The van der Waals surface area contributed by atoms with Gasteiger partial charge < -0.3 is 10.4 Å². The Hall–Kier alpha value is -1.85. The first-order valence-corrected chi connectivity index (χ1v) is 8.16. The molecule has 0 aliphatic carbocycles. The van der Waals surface area contributed by atoms with Crippen LogP contribution >= 0.6 is 11.8 Å². The Morgan fingerprint density at radius 1 is 1.27 bits per heavy atom. The Labute approximate surface area is 133 Å². The van der Waals surface area contributed by atoms with Gasteiger partial charge in [0.25, 0.3) is 5.91 Å². The van der Waals surface area contributed by atoms with E-state index in [4.69, 9.17) is 0 Å². The molecule has 3 nitrogen and oxygen atoms in total. The van der Waals surface area contributed by atoms with Gasteiger partial charge in [-0.3, -0.25) is 4.79 Å². The van der Waals surface area contributed by atoms with Crippen LogP contribution in [0.1, 0.15) is 15.9 Å². The fraction of sp³-hybridized carbons (Fsp3) is 0.235. The van der Waals surface area contributed by atoms with Gasteiger partial charge in [-0.2, -0.15) is 0 Å². The molecule has 0 spiro atoms. The fourth-order valence-electron chi connectivity index (χ4n) is 2.07. The average Bonchev–Trinajstić information content (AvgIpc) is 2.54. The molecule has 0 aromatic heterocycles. The molecule has 1 atom stereocenters. The van der Waals surface area contributed by atoms with Gasteiger partial charge in [-0.15, -0.1) is 11.8 Å². The number of halogens is 1. The maximum absolute atomic E-state index is 13.4. The van der Waals surface area contributed by atoms with Crippen molar-refractivity contribution in [3.63, 3.8) is 0 Å². The van der Waals surface area contributed by atoms with E-state index in [1.807, 2.05) is 30.3 Å². The molecule has 22 heavy (non-hydrogen) atoms. The van der Waals surface area contributed by atoms with Gasteiger partial charge in [-0.25, -0.2) is 4.39 Å². The van der Waals surface area contributed by atoms with Crippen LogP contribution in [0.4, 0.5) is 4.39 Å². The van der Waals surface area contributed by atoms with Crippen LogP contribution in [0.15, 0.2) is 53.4 Å². The number of amides is 1. The average molecular weight is 319 g/mol. The summed E-state index contributed by atoms with van der Waals surface area (Å²) in [4.78, 5) is 12.5. The van der Waals surface area contributed by atoms with Gasteiger partial charge in [0.05, 0.1) is 6.10 Å². The molecule has 0 radical (unpaired) electrons. The van der Waals surface area contributed by atoms with Crippen LogP contribution in [0.25, 0.3) is 0 Å². The number of aliphatic hydroxyl groups excluding tert-OH is 1. The minimum atomic E-state index is -0.660. The zero-order valence-electron chi connectivity index (χ0n) is 12.3. The molecule has 5 heteroatoms. The van der Waals surface area contributed by atoms with Crippen molar-refractivity contribution in [2.24, 2.45) is 0 Å². The summed E-state index contributed by atoms with van der Waals surface area (Å²) in [5, 5.41) is 12.6. The van der Waals surface area contributed by atoms with Gasteiger partial charge in [-0.1, -0.05) is 30.3 Å². The van der Waals surface area contributed by atoms with Gasteiger partial charge in [0.2, 0.25) is 0 Å². The molecule has 0 bridgehead atoms. The number of carbonyl (C=O) groups excluding carboxylic acids is 1. The third-order valence-electron chi connectivity index (χ3n) is 3.23. The van der Waals surface area contributed by atoms with Crippen LogP contribution in [-0.4, -0.2) is 29.9 Å². The fourth-order valence-corrected chi connectivity index (χ4v) is 2.58. The van der Waals surface area contributed by atoms with Crippen LogP contribution in [0, 0.1) is 5.82 Å². The Morgan fingerprint density at radius 2 is 2.00 bits per heavy atom. The standard InChI is InChI=1S/C17H18FNO2S/c1-22-16-10-13(7-8-15(16)18)17(21)19-11-14(20)9-12-5-3-2-4-6-12/h2-8,10,14,20H,9,11H2,1H3,(H,19,21). The van der Waals surface area contributed by atoms with Gasteiger partial charge in [-0.05, 0) is 30.0 Å². The molecule has 0 heterocycles. The topological polar surface area (TPSA) is 49.3 Å². The Bertz CT molecular complexity index is 634. The van der Waals surface area contributed by atoms with Crippen LogP contribution in [0.2, 0.25) is 0 Å². The third kappa shape index (κ3) is 4.58. The summed E-state index contributed by atoms with van der Waals surface area (Å²) in [6, 6.07) is 13.8. The van der Waals surface area contributed by atoms with E-state index in [0.717, 1.165) is 5.56 Å². The molecule has 0 saturated carbocycles. The van der Waals surface area contributed by atoms with Crippen molar-refractivity contribution in [3.8, 4) is 0 Å². The summed E-state index contributed by atoms with van der Waals surface area (Å²) >= 11 is 1.25. The monoisotopic (exact) mass is 319 g/mol. The lowest BCUT2D eigenvalue weighted by atomic mass is 10.1. The van der Waals surface area contributed by atoms with Crippen molar-refractivity contribution >= 4 is 17.7 Å². The molecule has 0 saturated heterocycles. The molecule has 1 amide bonds. The predicted molar refractivity (Wildman–Crippen MR) is 86.7 cm³/mol. The molecule has 2 N–H and O–H groups in total. The summed E-state index contributed by atoms with van der Waals surface area (Å²) in [7, 11) is 0. The summed E-state index contributed by atoms with van der Waals surface area (Å²) < 4.78 is 13.4. The number of aliphatic hydroxyl groups is 1. The van der Waals surface area contributed by atoms with E-state index in [-0.39, 0.29) is 18.3 Å². The van der Waals surface area contributed by atoms with Crippen LogP contribution in [0.3, 0.4) is 0 Å². The van der Waals surface area contributed by atoms with Crippen molar-refractivity contribution in [2.45, 2.75) is 17.4 Å². The normalized spacial score (nSPS) is 12.0. The maximum Gasteiger partial charge on any atom is 0.251 e. The highest BCUT2D eigenvalue weighted by molar-refractivity contribution is 7.98. The number of nitrogens with one attached hydrogen (secondary N) is 1. The summed E-state index contributed by atoms with van der Waals surface area (Å²) in [5.74, 6) is -0.657. The maximum atomic E-state index is 13.4. The second-order valence-corrected chi connectivity index (χ2v) is 5.75. The summed E-state index contributed by atoms with van der Waals surface area (Å²) in [6.07, 6.45) is 1.57. The van der Waals surface area contributed by atoms with E-state index < -0.39 is 6.10 Å². The molecule has 0 aliphatic rings. The summed E-state index contributed by atoms with van der Waals surface area (Å²) in [5.41, 5.74) is 1.40. The Kier molecular flexibility index (Phi) is 5.98. The number of hydrogen-bond acceptors (Lipinski definition) is 3. The van der Waals surface area contributed by atoms with Crippen molar-refractivity contribution in [1.29, 1.82) is 0 Å². The van der Waals surface area contributed by atoms with Crippen molar-refractivity contribution in [3.05, 3.63) is 65.5 Å². The zero-order chi connectivity index (χ0) is 15.9. The molecule has 2 aromatic rings. The predicted octanol–water partition coefficient (Wildman–Crippen LogP) is 2.88. The quantitative estimate of drug-likeness (QED) is 0.805. The van der Waals surface area contributed by atoms with Crippen LogP contribution in [0.5, 0.6) is 0 Å². The van der Waals surface area contributed by atoms with Gasteiger partial charge in [0.15, 0.2) is 0 Å². The Morgan fingerprint density at radius 3 is 2.68 bits per heavy atom. The smallest absolute Gasteiger partial charge is 0.251 e. The molecular weight excluding hydrogens is 301 g/mol. The van der Waals surface area contributed by atoms with Crippen molar-refractivity contribution in [2.75, 3.05) is 12.8 Å². The first-order chi connectivity index (χ1) is 10.6. The Balaban J connectivity index is 1.89. The number of thioether (sulfide) groups is 1. The number of hydrogen-bond donors (Lipinski definition) is 2. The molecule has 2 rings (SSSR count). The van der Waals surface area contributed by atoms with E-state index in [2.05, 4.69) is 5.32 Å². The van der Waals surface area contributed by atoms with E-state index in [1.54, 1.807) is 6.26 Å². The second-order valence-electron chi connectivity index (χ2n) is 4.90. The zero-order valence-corrected chi connectivity index (χ0v) is 13.1. The molecule has 2 aromatic carbocycles. The number of rotatable bonds is 6. The number of benzene rings is 2. The second kappa shape index (κ2) is 7.96. The molecule has 0 aliphatic heterocycles. The minimum Gasteiger partial charge on any atom is -0.391 e. The van der Waals surface area contributed by atoms with Crippen molar-refractivity contribution in [1.82, 2.24) is 5.32 Å². The lowest BCUT2D eigenvalue weighted by Crippen LogP contribution is -2.33. The lowest BCUT2D eigenvalue weighted by Gasteiger charge is -2.12. The van der Waals surface area contributed by atoms with E-state index in [0.29, 0.717) is 16.9 Å². The van der Waals surface area contributed by atoms with Gasteiger partial charge >= 0.3 is 0 Å². The molecular formula is C17H18FNO2S.